The van der Waals surface area contributed by atoms with E-state index >= 15 is 0 Å². The summed E-state index contributed by atoms with van der Waals surface area (Å²) < 4.78 is 0. The third-order valence-electron chi connectivity index (χ3n) is 0.246. The van der Waals surface area contributed by atoms with Crippen molar-refractivity contribution in [2.75, 3.05) is 0 Å². The Bertz CT molecular complexity index is 96.0. The zero-order chi connectivity index (χ0) is 5.86. The second-order valence-corrected chi connectivity index (χ2v) is 1.73. The van der Waals surface area contributed by atoms with Crippen molar-refractivity contribution in [3.05, 3.63) is 0 Å². The zero-order valence-electron chi connectivity index (χ0n) is 5.47. The van der Waals surface area contributed by atoms with Gasteiger partial charge in [0, 0.05) is 0 Å². The van der Waals surface area contributed by atoms with E-state index in [9.17, 15) is 0 Å². The third-order valence-corrected chi connectivity index (χ3v) is 0.451. The number of rotatable bonds is 0. The minimum absolute atomic E-state index is 0. The maximum atomic E-state index is 4.95. The third kappa shape index (κ3) is 9.77. The molecule has 3 nitrogen and oxygen atoms in total. The summed E-state index contributed by atoms with van der Waals surface area (Å²) in [5.41, 5.74) is 9.89. The standard InChI is InChI=1S/C2H5N3S2.Na.H/c3-1(6)5-2(4)7;;/h(H5,3,4,5,6,7);;/q;+1;-1. The van der Waals surface area contributed by atoms with E-state index in [0.29, 0.717) is 0 Å². The molecule has 0 aromatic carbocycles. The molecule has 0 radical (unpaired) electrons. The molecular weight excluding hydrogens is 153 g/mol. The van der Waals surface area contributed by atoms with Crippen LogP contribution in [-0.4, -0.2) is 10.2 Å². The molecule has 42 valence electrons. The van der Waals surface area contributed by atoms with Gasteiger partial charge in [0.25, 0.3) is 0 Å². The Hall–Kier alpha value is 0.580. The first-order chi connectivity index (χ1) is 3.13. The van der Waals surface area contributed by atoms with E-state index < -0.39 is 0 Å². The summed E-state index contributed by atoms with van der Waals surface area (Å²) in [6.45, 7) is 0. The maximum absolute atomic E-state index is 4.95. The van der Waals surface area contributed by atoms with Crippen molar-refractivity contribution in [3.63, 3.8) is 0 Å². The van der Waals surface area contributed by atoms with Crippen molar-refractivity contribution in [1.29, 1.82) is 0 Å². The molecule has 0 amide bonds. The van der Waals surface area contributed by atoms with Gasteiger partial charge in [-0.2, -0.15) is 0 Å². The van der Waals surface area contributed by atoms with Gasteiger partial charge in [0.05, 0.1) is 0 Å². The van der Waals surface area contributed by atoms with Crippen LogP contribution in [0.5, 0.6) is 0 Å². The van der Waals surface area contributed by atoms with E-state index in [1.54, 1.807) is 0 Å². The van der Waals surface area contributed by atoms with Crippen LogP contribution in [0, 0.1) is 0 Å². The van der Waals surface area contributed by atoms with Gasteiger partial charge in [0.1, 0.15) is 0 Å². The Morgan fingerprint density at radius 2 is 1.50 bits per heavy atom. The molecule has 0 aromatic rings. The molecule has 0 aliphatic carbocycles. The van der Waals surface area contributed by atoms with Crippen LogP contribution in [-0.2, 0) is 0 Å². The Morgan fingerprint density at radius 3 is 1.50 bits per heavy atom. The van der Waals surface area contributed by atoms with Gasteiger partial charge in [0.2, 0.25) is 0 Å². The summed E-state index contributed by atoms with van der Waals surface area (Å²) in [4.78, 5) is 0. The quantitative estimate of drug-likeness (QED) is 0.250. The van der Waals surface area contributed by atoms with E-state index in [2.05, 4.69) is 29.8 Å². The Kier molecular flexibility index (Phi) is 8.13. The summed E-state index contributed by atoms with van der Waals surface area (Å²) >= 11 is 8.74. The molecule has 0 fully saturated rings. The van der Waals surface area contributed by atoms with Crippen molar-refractivity contribution >= 4 is 34.7 Å². The van der Waals surface area contributed by atoms with Gasteiger partial charge in [-0.05, 0) is 24.4 Å². The number of hydrogen-bond acceptors (Lipinski definition) is 2. The molecule has 6 heteroatoms. The van der Waals surface area contributed by atoms with Crippen molar-refractivity contribution in [1.82, 2.24) is 5.32 Å². The number of hydrogen-bond donors (Lipinski definition) is 3. The first-order valence-electron chi connectivity index (χ1n) is 1.49. The van der Waals surface area contributed by atoms with Crippen LogP contribution in [0.1, 0.15) is 1.43 Å². The largest absolute Gasteiger partial charge is 1.00 e. The van der Waals surface area contributed by atoms with E-state index in [1.165, 1.54) is 0 Å². The predicted molar refractivity (Wildman–Crippen MR) is 37.8 cm³/mol. The van der Waals surface area contributed by atoms with Crippen LogP contribution in [0.3, 0.4) is 0 Å². The average Bonchev–Trinajstić information content (AvgIpc) is 1.27. The second kappa shape index (κ2) is 5.71. The molecule has 0 saturated carbocycles. The normalized spacial score (nSPS) is 6.50. The van der Waals surface area contributed by atoms with Crippen molar-refractivity contribution in [3.8, 4) is 0 Å². The molecule has 0 rings (SSSR count). The fourth-order valence-corrected chi connectivity index (χ4v) is 0.406. The molecule has 0 aliphatic rings. The molecule has 8 heavy (non-hydrogen) atoms. The number of thiocarbonyl (C=S) groups is 2. The van der Waals surface area contributed by atoms with Gasteiger partial charge >= 0.3 is 29.6 Å². The summed E-state index contributed by atoms with van der Waals surface area (Å²) in [7, 11) is 0. The summed E-state index contributed by atoms with van der Waals surface area (Å²) in [6, 6.07) is 0. The van der Waals surface area contributed by atoms with E-state index in [1.807, 2.05) is 0 Å². The first kappa shape index (κ1) is 11.4. The SMILES string of the molecule is NC(=S)NC(N)=S.[H-].[Na+]. The zero-order valence-corrected chi connectivity index (χ0v) is 8.10. The van der Waals surface area contributed by atoms with Crippen LogP contribution in [0.15, 0.2) is 0 Å². The van der Waals surface area contributed by atoms with Gasteiger partial charge < -0.3 is 18.2 Å². The van der Waals surface area contributed by atoms with Crippen molar-refractivity contribution in [2.45, 2.75) is 0 Å². The van der Waals surface area contributed by atoms with Crippen LogP contribution in [0.2, 0.25) is 0 Å². The molecule has 0 atom stereocenters. The van der Waals surface area contributed by atoms with Gasteiger partial charge in [-0.1, -0.05) is 0 Å². The fraction of sp³-hybridized carbons (Fsp3) is 0. The second-order valence-electron chi connectivity index (χ2n) is 0.854. The van der Waals surface area contributed by atoms with Gasteiger partial charge in [0.15, 0.2) is 10.2 Å². The molecule has 0 saturated heterocycles. The maximum Gasteiger partial charge on any atom is 1.00 e. The van der Waals surface area contributed by atoms with E-state index in [0.717, 1.165) is 0 Å². The van der Waals surface area contributed by atoms with E-state index in [-0.39, 0.29) is 41.2 Å². The molecular formula is C2H6N3NaS2. The topological polar surface area (TPSA) is 64.1 Å². The molecule has 0 heterocycles. The predicted octanol–water partition coefficient (Wildman–Crippen LogP) is -3.82. The summed E-state index contributed by atoms with van der Waals surface area (Å²) in [5.74, 6) is 0. The Balaban J connectivity index is -0.000000180. The monoisotopic (exact) mass is 159 g/mol. The number of nitrogens with one attached hydrogen (secondary N) is 1. The van der Waals surface area contributed by atoms with Crippen molar-refractivity contribution in [2.24, 2.45) is 11.5 Å². The smallest absolute Gasteiger partial charge is 1.00 e. The molecule has 0 unspecified atom stereocenters. The van der Waals surface area contributed by atoms with Crippen LogP contribution in [0.25, 0.3) is 0 Å². The van der Waals surface area contributed by atoms with Crippen molar-refractivity contribution < 1.29 is 31.0 Å². The Labute approximate surface area is 81.9 Å². The van der Waals surface area contributed by atoms with Gasteiger partial charge in [-0.3, -0.25) is 0 Å². The fourth-order valence-electron chi connectivity index (χ4n) is 0.121. The molecule has 0 aromatic heterocycles. The average molecular weight is 159 g/mol. The number of nitrogens with two attached hydrogens (primary N) is 2. The molecule has 0 bridgehead atoms. The first-order valence-corrected chi connectivity index (χ1v) is 2.30. The van der Waals surface area contributed by atoms with Crippen LogP contribution in [0.4, 0.5) is 0 Å². The minimum atomic E-state index is 0. The molecule has 5 N–H and O–H groups in total. The minimum Gasteiger partial charge on any atom is -1.00 e. The molecule has 0 spiro atoms. The van der Waals surface area contributed by atoms with Crippen LogP contribution < -0.4 is 46.3 Å². The van der Waals surface area contributed by atoms with Crippen LogP contribution >= 0.6 is 24.4 Å². The summed E-state index contributed by atoms with van der Waals surface area (Å²) in [5, 5.41) is 2.53. The molecule has 0 aliphatic heterocycles. The van der Waals surface area contributed by atoms with Gasteiger partial charge in [-0.15, -0.1) is 0 Å². The summed E-state index contributed by atoms with van der Waals surface area (Å²) in [6.07, 6.45) is 0. The Morgan fingerprint density at radius 1 is 1.25 bits per heavy atom. The van der Waals surface area contributed by atoms with E-state index in [4.69, 9.17) is 11.5 Å². The van der Waals surface area contributed by atoms with Gasteiger partial charge in [-0.25, -0.2) is 0 Å².